The van der Waals surface area contributed by atoms with Gasteiger partial charge < -0.3 is 5.11 Å². The normalized spacial score (nSPS) is 12.6. The molecular weight excluding hydrogens is 783 g/mol. The van der Waals surface area contributed by atoms with Crippen LogP contribution in [0.25, 0.3) is 32.8 Å². The van der Waals surface area contributed by atoms with Crippen molar-refractivity contribution in [2.24, 2.45) is 11.8 Å². The van der Waals surface area contributed by atoms with Crippen molar-refractivity contribution in [3.05, 3.63) is 72.1 Å². The maximum atomic E-state index is 11.7. The predicted octanol–water partition coefficient (Wildman–Crippen LogP) is 10.5. The summed E-state index contributed by atoms with van der Waals surface area (Å²) in [5, 5.41) is 14.4. The number of aromatic nitrogens is 1. The zero-order chi connectivity index (χ0) is 31.5. The van der Waals surface area contributed by atoms with Crippen LogP contribution >= 0.6 is 0 Å². The van der Waals surface area contributed by atoms with Crippen LogP contribution in [0.3, 0.4) is 0 Å². The number of carbonyl (C=O) groups excluding carboxylic acids is 1. The van der Waals surface area contributed by atoms with Gasteiger partial charge in [0.2, 0.25) is 0 Å². The van der Waals surface area contributed by atoms with Crippen molar-refractivity contribution >= 4 is 45.0 Å². The first-order valence-corrected chi connectivity index (χ1v) is 23.3. The fourth-order valence-electron chi connectivity index (χ4n) is 6.13. The van der Waals surface area contributed by atoms with Gasteiger partial charge in [-0.1, -0.05) is 27.7 Å². The number of pyridine rings is 1. The Hall–Kier alpha value is -2.47. The molecule has 1 N–H and O–H groups in total. The molecule has 1 radical (unpaired) electrons. The summed E-state index contributed by atoms with van der Waals surface area (Å²) in [6.45, 7) is 12.5. The number of ether oxygens (including phenoxy) is 1. The maximum absolute atomic E-state index is 11.7. The SMILES string of the molecule is CC(C)c1c2c([c-]c3ccccc13)-c1nccc3cc[c]([Ge]([CH3])([CH3])[CH3])c(c13)O2.CCC(CC)C(=O)/C=C(\O)C(CC)CC.[Ir]. The van der Waals surface area contributed by atoms with Crippen molar-refractivity contribution in [2.45, 2.75) is 90.4 Å². The molecule has 2 heterocycles. The number of aliphatic hydroxyl groups excluding tert-OH is 1. The molecule has 4 aromatic rings. The van der Waals surface area contributed by atoms with Crippen molar-refractivity contribution in [3.8, 4) is 22.8 Å². The number of nitrogens with zero attached hydrogens (tertiary/aromatic N) is 1. The molecule has 44 heavy (non-hydrogen) atoms. The predicted molar refractivity (Wildman–Crippen MR) is 185 cm³/mol. The number of hydrogen-bond acceptors (Lipinski definition) is 4. The van der Waals surface area contributed by atoms with Gasteiger partial charge in [-0.2, -0.15) is 0 Å². The Morgan fingerprint density at radius 2 is 1.57 bits per heavy atom. The fourth-order valence-corrected chi connectivity index (χ4v) is 9.15. The molecule has 0 atom stereocenters. The van der Waals surface area contributed by atoms with E-state index in [4.69, 9.17) is 9.72 Å². The third-order valence-corrected chi connectivity index (χ3v) is 13.0. The molecule has 0 aliphatic carbocycles. The molecule has 0 spiro atoms. The van der Waals surface area contributed by atoms with Crippen LogP contribution in [-0.2, 0) is 24.9 Å². The third kappa shape index (κ3) is 7.32. The van der Waals surface area contributed by atoms with E-state index in [1.807, 2.05) is 33.9 Å². The second-order valence-corrected chi connectivity index (χ2v) is 23.6. The molecule has 5 rings (SSSR count). The molecule has 0 saturated carbocycles. The Bertz CT molecular complexity index is 1650. The summed E-state index contributed by atoms with van der Waals surface area (Å²) < 4.78 is 8.18. The largest absolute Gasteiger partial charge is 0.512 e. The van der Waals surface area contributed by atoms with Gasteiger partial charge in [-0.15, -0.1) is 0 Å². The van der Waals surface area contributed by atoms with Gasteiger partial charge >= 0.3 is 169 Å². The Morgan fingerprint density at radius 3 is 2.16 bits per heavy atom. The number of fused-ring (bicyclic) bond motifs is 3. The van der Waals surface area contributed by atoms with Crippen LogP contribution < -0.4 is 9.13 Å². The molecule has 237 valence electrons. The van der Waals surface area contributed by atoms with Gasteiger partial charge in [0.15, 0.2) is 5.78 Å². The number of aliphatic hydroxyl groups is 1. The fraction of sp³-hybridized carbons (Fsp3) is 0.421. The van der Waals surface area contributed by atoms with Gasteiger partial charge in [-0.25, -0.2) is 0 Å². The molecule has 0 saturated heterocycles. The van der Waals surface area contributed by atoms with Gasteiger partial charge in [0.1, 0.15) is 0 Å². The minimum atomic E-state index is -2.14. The third-order valence-electron chi connectivity index (χ3n) is 8.74. The van der Waals surface area contributed by atoms with Crippen LogP contribution in [0, 0.1) is 17.9 Å². The minimum Gasteiger partial charge on any atom is -0.512 e. The van der Waals surface area contributed by atoms with Crippen molar-refractivity contribution in [1.29, 1.82) is 0 Å². The molecule has 1 aliphatic rings. The number of ketones is 1. The summed E-state index contributed by atoms with van der Waals surface area (Å²) in [5.74, 6) is 10.1. The van der Waals surface area contributed by atoms with Gasteiger partial charge in [-0.3, -0.25) is 4.79 Å². The van der Waals surface area contributed by atoms with Gasteiger partial charge in [0, 0.05) is 38.0 Å². The molecule has 6 heteroatoms. The van der Waals surface area contributed by atoms with E-state index in [0.717, 1.165) is 59.2 Å². The summed E-state index contributed by atoms with van der Waals surface area (Å²) in [5.41, 5.74) is 3.26. The zero-order valence-corrected chi connectivity index (χ0v) is 32.3. The van der Waals surface area contributed by atoms with Crippen LogP contribution in [0.5, 0.6) is 11.5 Å². The summed E-state index contributed by atoms with van der Waals surface area (Å²) in [4.78, 5) is 16.5. The quantitative estimate of drug-likeness (QED) is 0.0696. The topological polar surface area (TPSA) is 59.4 Å². The van der Waals surface area contributed by atoms with Crippen LogP contribution in [-0.4, -0.2) is 29.1 Å². The number of carbonyl (C=O) groups is 1. The van der Waals surface area contributed by atoms with Crippen LogP contribution in [0.2, 0.25) is 17.3 Å². The summed E-state index contributed by atoms with van der Waals surface area (Å²) >= 11 is -2.14. The van der Waals surface area contributed by atoms with Crippen molar-refractivity contribution in [3.63, 3.8) is 0 Å². The van der Waals surface area contributed by atoms with E-state index in [0.29, 0.717) is 5.92 Å². The number of rotatable bonds is 9. The van der Waals surface area contributed by atoms with Crippen molar-refractivity contribution < 1.29 is 34.7 Å². The second-order valence-electron chi connectivity index (χ2n) is 13.0. The molecule has 1 aliphatic heterocycles. The Morgan fingerprint density at radius 1 is 0.932 bits per heavy atom. The maximum Gasteiger partial charge on any atom is 0.162 e. The van der Waals surface area contributed by atoms with Crippen LogP contribution in [0.1, 0.15) is 78.7 Å². The average Bonchev–Trinajstić information content (AvgIpc) is 2.97. The molecule has 0 amide bonds. The van der Waals surface area contributed by atoms with Crippen LogP contribution in [0.4, 0.5) is 0 Å². The number of allylic oxidation sites excluding steroid dienone is 2. The molecule has 3 aromatic carbocycles. The van der Waals surface area contributed by atoms with E-state index in [2.05, 4.69) is 79.6 Å². The van der Waals surface area contributed by atoms with Crippen LogP contribution in [0.15, 0.2) is 60.5 Å². The average molecular weight is 832 g/mol. The monoisotopic (exact) mass is 833 g/mol. The van der Waals surface area contributed by atoms with E-state index in [1.165, 1.54) is 26.8 Å². The summed E-state index contributed by atoms with van der Waals surface area (Å²) in [6, 6.07) is 18.7. The van der Waals surface area contributed by atoms with Gasteiger partial charge in [-0.05, 0) is 25.7 Å². The molecule has 1 aromatic heterocycles. The second kappa shape index (κ2) is 15.2. The summed E-state index contributed by atoms with van der Waals surface area (Å²) in [6.07, 6.45) is 6.82. The van der Waals surface area contributed by atoms with E-state index in [1.54, 1.807) is 0 Å². The van der Waals surface area contributed by atoms with Crippen molar-refractivity contribution in [1.82, 2.24) is 4.98 Å². The van der Waals surface area contributed by atoms with Gasteiger partial charge in [0.05, 0.1) is 5.76 Å². The Kier molecular flexibility index (Phi) is 12.4. The first kappa shape index (κ1) is 36.0. The first-order valence-electron chi connectivity index (χ1n) is 16.0. The van der Waals surface area contributed by atoms with E-state index in [-0.39, 0.29) is 43.5 Å². The number of benzene rings is 3. The standard InChI is InChI=1S/C25H24GeNO.C13H24O2.Ir/c1-15(2)21-18-9-7-6-8-17(18)14-19-23-22-16(12-13-27-23)10-11-20(26(3,4)5)25(22)28-24(19)21;1-5-10(6-2)12(14)9-13(15)11(7-3)8-4;/h6-13,15H,1-5H3;9-11,14H,5-8H2,1-4H3;/q-1;;/b;12-9-;. The van der Waals surface area contributed by atoms with Gasteiger partial charge in [0.25, 0.3) is 0 Å². The summed E-state index contributed by atoms with van der Waals surface area (Å²) in [7, 11) is 0. The van der Waals surface area contributed by atoms with E-state index >= 15 is 0 Å². The first-order chi connectivity index (χ1) is 20.5. The van der Waals surface area contributed by atoms with E-state index in [9.17, 15) is 9.90 Å². The van der Waals surface area contributed by atoms with E-state index < -0.39 is 13.3 Å². The van der Waals surface area contributed by atoms with Crippen molar-refractivity contribution in [2.75, 3.05) is 0 Å². The molecule has 4 nitrogen and oxygen atoms in total. The zero-order valence-electron chi connectivity index (χ0n) is 27.8. The minimum absolute atomic E-state index is 0. The smallest absolute Gasteiger partial charge is 0.162 e. The Labute approximate surface area is 280 Å². The molecular formula is C38H48GeIrNO3-. The molecule has 0 bridgehead atoms. The number of hydrogen-bond donors (Lipinski definition) is 1. The Balaban J connectivity index is 0.000000286. The molecule has 0 fully saturated rings. The molecule has 0 unspecified atom stereocenters.